The van der Waals surface area contributed by atoms with E-state index in [1.54, 1.807) is 41.0 Å². The van der Waals surface area contributed by atoms with Crippen LogP contribution in [-0.4, -0.2) is 42.8 Å². The topological polar surface area (TPSA) is 56.5 Å². The second kappa shape index (κ2) is 9.88. The number of ether oxygens (including phenoxy) is 1. The van der Waals surface area contributed by atoms with Crippen molar-refractivity contribution in [2.45, 2.75) is 31.9 Å². The third kappa shape index (κ3) is 5.52. The second-order valence-electron chi connectivity index (χ2n) is 8.16. The fourth-order valence-electron chi connectivity index (χ4n) is 3.58. The van der Waals surface area contributed by atoms with Crippen molar-refractivity contribution in [1.82, 2.24) is 9.55 Å². The maximum absolute atomic E-state index is 14.8. The van der Waals surface area contributed by atoms with E-state index in [-0.39, 0.29) is 23.5 Å². The van der Waals surface area contributed by atoms with Crippen molar-refractivity contribution in [2.75, 3.05) is 6.61 Å². The highest BCUT2D eigenvalue weighted by Crippen LogP contribution is 2.29. The first kappa shape index (κ1) is 24.4. The van der Waals surface area contributed by atoms with Crippen molar-refractivity contribution in [2.24, 2.45) is 4.99 Å². The lowest BCUT2D eigenvalue weighted by atomic mass is 9.98. The molecule has 2 heterocycles. The predicted molar refractivity (Wildman–Crippen MR) is 125 cm³/mol. The number of rotatable bonds is 4. The van der Waals surface area contributed by atoms with Crippen molar-refractivity contribution in [3.05, 3.63) is 82.7 Å². The molecule has 1 aliphatic rings. The van der Waals surface area contributed by atoms with Crippen molar-refractivity contribution >= 4 is 20.5 Å². The lowest BCUT2D eigenvalue weighted by Crippen LogP contribution is -2.21. The molecular formula is C25H20F4N3O2Si. The normalized spacial score (nSPS) is 12.7. The highest BCUT2D eigenvalue weighted by atomic mass is 28.3. The molecule has 2 aromatic carbocycles. The molecule has 0 amide bonds. The van der Waals surface area contributed by atoms with Gasteiger partial charge >= 0.3 is 12.1 Å². The highest BCUT2D eigenvalue weighted by molar-refractivity contribution is 6.56. The number of alkyl halides is 3. The number of imidazole rings is 1. The number of esters is 1. The fourth-order valence-corrected chi connectivity index (χ4v) is 4.02. The van der Waals surface area contributed by atoms with E-state index in [0.717, 1.165) is 6.04 Å². The van der Waals surface area contributed by atoms with Gasteiger partial charge in [-0.15, -0.1) is 5.92 Å². The van der Waals surface area contributed by atoms with E-state index in [2.05, 4.69) is 39.6 Å². The molecule has 4 rings (SSSR count). The number of nitrogens with zero attached hydrogens (tertiary/aromatic N) is 3. The summed E-state index contributed by atoms with van der Waals surface area (Å²) in [6.45, 7) is 2.49. The van der Waals surface area contributed by atoms with Crippen molar-refractivity contribution in [1.29, 1.82) is 0 Å². The zero-order valence-electron chi connectivity index (χ0n) is 18.9. The molecule has 0 atom stereocenters. The molecule has 0 bridgehead atoms. The Hall–Kier alpha value is -3.71. The Kier molecular flexibility index (Phi) is 6.89. The number of benzene rings is 2. The number of halogens is 4. The minimum absolute atomic E-state index is 0.118. The molecule has 0 fully saturated rings. The molecule has 179 valence electrons. The SMILES string of the molecule is C[Si](C)CC#Cc1ccc2c(c1)C(c1ccccc1F)=NCc1c(C(=O)OCC(F)(F)F)ncn1-2. The molecule has 0 N–H and O–H groups in total. The van der Waals surface area contributed by atoms with Crippen LogP contribution in [-0.2, 0) is 11.3 Å². The summed E-state index contributed by atoms with van der Waals surface area (Å²) in [5.74, 6) is 4.61. The van der Waals surface area contributed by atoms with Crippen LogP contribution in [0, 0.1) is 17.7 Å². The molecule has 0 unspecified atom stereocenters. The van der Waals surface area contributed by atoms with Gasteiger partial charge in [0.25, 0.3) is 0 Å². The van der Waals surface area contributed by atoms with Gasteiger partial charge in [0, 0.05) is 22.7 Å². The Balaban J connectivity index is 1.82. The van der Waals surface area contributed by atoms with Crippen LogP contribution >= 0.6 is 0 Å². The average Bonchev–Trinajstić information content (AvgIpc) is 3.15. The Morgan fingerprint density at radius 2 is 1.94 bits per heavy atom. The fraction of sp³-hybridized carbons (Fsp3) is 0.240. The smallest absolute Gasteiger partial charge is 0.422 e. The van der Waals surface area contributed by atoms with E-state index in [0.29, 0.717) is 22.5 Å². The summed E-state index contributed by atoms with van der Waals surface area (Å²) in [5.41, 5.74) is 2.39. The van der Waals surface area contributed by atoms with E-state index < -0.39 is 33.4 Å². The average molecular weight is 499 g/mol. The summed E-state index contributed by atoms with van der Waals surface area (Å²) >= 11 is 0. The third-order valence-electron chi connectivity index (χ3n) is 5.13. The Labute approximate surface area is 201 Å². The van der Waals surface area contributed by atoms with E-state index >= 15 is 0 Å². The lowest BCUT2D eigenvalue weighted by Gasteiger charge is -2.13. The van der Waals surface area contributed by atoms with E-state index in [4.69, 9.17) is 0 Å². The molecule has 10 heteroatoms. The maximum atomic E-state index is 14.8. The zero-order valence-corrected chi connectivity index (χ0v) is 19.9. The summed E-state index contributed by atoms with van der Waals surface area (Å²) in [5, 5.41) is 0. The van der Waals surface area contributed by atoms with Crippen LogP contribution in [0.2, 0.25) is 19.1 Å². The standard InChI is InChI=1S/C25H20F4N3O2Si/c1-35(2)11-5-6-16-9-10-20-18(12-16)22(17-7-3-4-8-19(17)26)30-13-21-23(31-15-32(20)21)24(33)34-14-25(27,28)29/h3-4,7-10,12,15H,11,13-14H2,1-2H3. The molecule has 3 aromatic rings. The number of aliphatic imine (C=N–C) groups is 1. The Morgan fingerprint density at radius 3 is 2.66 bits per heavy atom. The second-order valence-corrected chi connectivity index (χ2v) is 10.9. The predicted octanol–water partition coefficient (Wildman–Crippen LogP) is 5.19. The van der Waals surface area contributed by atoms with E-state index in [1.807, 2.05) is 0 Å². The van der Waals surface area contributed by atoms with Gasteiger partial charge in [0.15, 0.2) is 12.3 Å². The van der Waals surface area contributed by atoms with Crippen LogP contribution in [0.25, 0.3) is 5.69 Å². The first-order chi connectivity index (χ1) is 16.6. The van der Waals surface area contributed by atoms with Gasteiger partial charge in [-0.1, -0.05) is 31.1 Å². The first-order valence-electron chi connectivity index (χ1n) is 10.7. The molecule has 5 nitrogen and oxygen atoms in total. The molecule has 1 radical (unpaired) electrons. The number of fused-ring (bicyclic) bond motifs is 3. The number of hydrogen-bond acceptors (Lipinski definition) is 4. The van der Waals surface area contributed by atoms with E-state index in [9.17, 15) is 22.4 Å². The Bertz CT molecular complexity index is 1370. The van der Waals surface area contributed by atoms with Gasteiger partial charge in [0.1, 0.15) is 12.1 Å². The van der Waals surface area contributed by atoms with Gasteiger partial charge in [-0.25, -0.2) is 14.2 Å². The van der Waals surface area contributed by atoms with Crippen LogP contribution in [0.15, 0.2) is 53.8 Å². The van der Waals surface area contributed by atoms with Crippen LogP contribution < -0.4 is 0 Å². The molecule has 1 aliphatic heterocycles. The molecule has 1 aromatic heterocycles. The van der Waals surface area contributed by atoms with Crippen LogP contribution in [0.3, 0.4) is 0 Å². The summed E-state index contributed by atoms with van der Waals surface area (Å²) in [7, 11) is -0.518. The molecule has 0 saturated carbocycles. The van der Waals surface area contributed by atoms with Gasteiger partial charge in [-0.3, -0.25) is 9.56 Å². The van der Waals surface area contributed by atoms with Crippen LogP contribution in [0.1, 0.15) is 32.9 Å². The Morgan fingerprint density at radius 1 is 1.17 bits per heavy atom. The summed E-state index contributed by atoms with van der Waals surface area (Å²) in [6, 6.07) is 12.3. The molecule has 0 aliphatic carbocycles. The highest BCUT2D eigenvalue weighted by Gasteiger charge is 2.32. The van der Waals surface area contributed by atoms with Gasteiger partial charge in [-0.05, 0) is 30.3 Å². The number of carbonyl (C=O) groups excluding carboxylic acids is 1. The van der Waals surface area contributed by atoms with Crippen LogP contribution in [0.4, 0.5) is 17.6 Å². The maximum Gasteiger partial charge on any atom is 0.422 e. The van der Waals surface area contributed by atoms with Crippen molar-refractivity contribution in [3.63, 3.8) is 0 Å². The van der Waals surface area contributed by atoms with Gasteiger partial charge < -0.3 is 4.74 Å². The minimum atomic E-state index is -4.66. The zero-order chi connectivity index (χ0) is 25.2. The van der Waals surface area contributed by atoms with Crippen molar-refractivity contribution < 1.29 is 27.1 Å². The summed E-state index contributed by atoms with van der Waals surface area (Å²) in [4.78, 5) is 20.9. The number of aromatic nitrogens is 2. The monoisotopic (exact) mass is 498 g/mol. The lowest BCUT2D eigenvalue weighted by molar-refractivity contribution is -0.161. The van der Waals surface area contributed by atoms with Gasteiger partial charge in [0.2, 0.25) is 0 Å². The number of carbonyl (C=O) groups is 1. The molecule has 35 heavy (non-hydrogen) atoms. The quantitative estimate of drug-likeness (QED) is 0.215. The molecular weight excluding hydrogens is 478 g/mol. The molecule has 0 spiro atoms. The molecule has 0 saturated heterocycles. The van der Waals surface area contributed by atoms with E-state index in [1.165, 1.54) is 12.4 Å². The number of hydrogen-bond donors (Lipinski definition) is 0. The third-order valence-corrected chi connectivity index (χ3v) is 6.01. The first-order valence-corrected chi connectivity index (χ1v) is 13.4. The van der Waals surface area contributed by atoms with Gasteiger partial charge in [0.05, 0.1) is 32.4 Å². The summed E-state index contributed by atoms with van der Waals surface area (Å²) < 4.78 is 58.3. The van der Waals surface area contributed by atoms with Gasteiger partial charge in [-0.2, -0.15) is 13.2 Å². The minimum Gasteiger partial charge on any atom is -0.451 e. The van der Waals surface area contributed by atoms with Crippen molar-refractivity contribution in [3.8, 4) is 17.5 Å². The van der Waals surface area contributed by atoms with Crippen LogP contribution in [0.5, 0.6) is 0 Å². The summed E-state index contributed by atoms with van der Waals surface area (Å²) in [6.07, 6.45) is -3.34. The largest absolute Gasteiger partial charge is 0.451 e.